The van der Waals surface area contributed by atoms with Gasteiger partial charge in [0.05, 0.1) is 11.6 Å². The zero-order valence-electron chi connectivity index (χ0n) is 13.5. The van der Waals surface area contributed by atoms with Crippen LogP contribution < -0.4 is 10.1 Å². The quantitative estimate of drug-likeness (QED) is 0.709. The fourth-order valence-corrected chi connectivity index (χ4v) is 1.87. The number of hydrogen-bond donors (Lipinski definition) is 2. The highest BCUT2D eigenvalue weighted by atomic mass is 16.5. The van der Waals surface area contributed by atoms with Gasteiger partial charge in [-0.3, -0.25) is 9.59 Å². The SMILES string of the molecule is CC(=O)NCCN(C(=O)COc1ccc(C#N)cc1)C(C)C(=O)O. The number of benzene rings is 1. The molecule has 0 saturated heterocycles. The highest BCUT2D eigenvalue weighted by Crippen LogP contribution is 2.12. The Morgan fingerprint density at radius 2 is 1.96 bits per heavy atom. The number of carbonyl (C=O) groups excluding carboxylic acids is 2. The molecule has 0 bridgehead atoms. The lowest BCUT2D eigenvalue weighted by Crippen LogP contribution is -2.48. The van der Waals surface area contributed by atoms with Crippen LogP contribution in [-0.2, 0) is 14.4 Å². The summed E-state index contributed by atoms with van der Waals surface area (Å²) in [5.74, 6) is -1.53. The molecule has 1 atom stereocenters. The summed E-state index contributed by atoms with van der Waals surface area (Å²) in [5.41, 5.74) is 0.463. The predicted octanol–water partition coefficient (Wildman–Crippen LogP) is 0.375. The largest absolute Gasteiger partial charge is 0.484 e. The smallest absolute Gasteiger partial charge is 0.326 e. The lowest BCUT2D eigenvalue weighted by atomic mass is 10.2. The van der Waals surface area contributed by atoms with Gasteiger partial charge in [0, 0.05) is 20.0 Å². The van der Waals surface area contributed by atoms with E-state index in [2.05, 4.69) is 5.32 Å². The van der Waals surface area contributed by atoms with Crippen LogP contribution in [0.4, 0.5) is 0 Å². The average Bonchev–Trinajstić information content (AvgIpc) is 2.56. The van der Waals surface area contributed by atoms with Crippen LogP contribution in [0.5, 0.6) is 5.75 Å². The highest BCUT2D eigenvalue weighted by molar-refractivity contribution is 5.84. The van der Waals surface area contributed by atoms with E-state index in [9.17, 15) is 14.4 Å². The molecule has 0 spiro atoms. The summed E-state index contributed by atoms with van der Waals surface area (Å²) in [6, 6.07) is 7.12. The highest BCUT2D eigenvalue weighted by Gasteiger charge is 2.25. The second-order valence-corrected chi connectivity index (χ2v) is 5.01. The van der Waals surface area contributed by atoms with Crippen LogP contribution >= 0.6 is 0 Å². The topological polar surface area (TPSA) is 120 Å². The number of hydrogen-bond acceptors (Lipinski definition) is 5. The lowest BCUT2D eigenvalue weighted by Gasteiger charge is -2.26. The Labute approximate surface area is 139 Å². The Morgan fingerprint density at radius 3 is 2.46 bits per heavy atom. The summed E-state index contributed by atoms with van der Waals surface area (Å²) in [7, 11) is 0. The number of ether oxygens (including phenoxy) is 1. The average molecular weight is 333 g/mol. The number of nitriles is 1. The molecule has 128 valence electrons. The van der Waals surface area contributed by atoms with Crippen molar-refractivity contribution in [3.05, 3.63) is 29.8 Å². The molecule has 2 N–H and O–H groups in total. The fraction of sp³-hybridized carbons (Fsp3) is 0.375. The second kappa shape index (κ2) is 9.15. The van der Waals surface area contributed by atoms with Crippen molar-refractivity contribution in [2.45, 2.75) is 19.9 Å². The molecule has 1 unspecified atom stereocenters. The van der Waals surface area contributed by atoms with E-state index in [1.807, 2.05) is 6.07 Å². The molecule has 0 fully saturated rings. The Hall–Kier alpha value is -3.08. The Balaban J connectivity index is 2.66. The molecule has 0 aromatic heterocycles. The maximum absolute atomic E-state index is 12.2. The summed E-state index contributed by atoms with van der Waals surface area (Å²) < 4.78 is 5.32. The van der Waals surface area contributed by atoms with Crippen molar-refractivity contribution in [3.63, 3.8) is 0 Å². The molecule has 1 aromatic rings. The third kappa shape index (κ3) is 5.96. The molecule has 0 aliphatic rings. The van der Waals surface area contributed by atoms with Gasteiger partial charge in [0.15, 0.2) is 6.61 Å². The summed E-state index contributed by atoms with van der Waals surface area (Å²) in [5, 5.41) is 20.3. The van der Waals surface area contributed by atoms with E-state index in [-0.39, 0.29) is 25.6 Å². The van der Waals surface area contributed by atoms with Gasteiger partial charge < -0.3 is 20.1 Å². The van der Waals surface area contributed by atoms with Gasteiger partial charge in [-0.2, -0.15) is 5.26 Å². The molecule has 2 amide bonds. The number of amides is 2. The van der Waals surface area contributed by atoms with Gasteiger partial charge in [0.1, 0.15) is 11.8 Å². The van der Waals surface area contributed by atoms with Gasteiger partial charge in [0.2, 0.25) is 5.91 Å². The van der Waals surface area contributed by atoms with E-state index in [1.54, 1.807) is 24.3 Å². The number of carboxylic acids is 1. The number of carbonyl (C=O) groups is 3. The molecule has 24 heavy (non-hydrogen) atoms. The summed E-state index contributed by atoms with van der Waals surface area (Å²) in [6.45, 7) is 2.58. The molecule has 0 aliphatic carbocycles. The lowest BCUT2D eigenvalue weighted by molar-refractivity contribution is -0.150. The molecule has 8 heteroatoms. The third-order valence-corrected chi connectivity index (χ3v) is 3.22. The van der Waals surface area contributed by atoms with Crippen LogP contribution in [0.25, 0.3) is 0 Å². The van der Waals surface area contributed by atoms with Crippen molar-refractivity contribution in [1.82, 2.24) is 10.2 Å². The molecular weight excluding hydrogens is 314 g/mol. The molecular formula is C16H19N3O5. The van der Waals surface area contributed by atoms with Gasteiger partial charge in [-0.1, -0.05) is 0 Å². The molecule has 0 aliphatic heterocycles. The summed E-state index contributed by atoms with van der Waals surface area (Å²) in [6.07, 6.45) is 0. The molecule has 1 aromatic carbocycles. The van der Waals surface area contributed by atoms with E-state index in [4.69, 9.17) is 15.1 Å². The molecule has 0 heterocycles. The zero-order chi connectivity index (χ0) is 18.1. The minimum atomic E-state index is -1.15. The van der Waals surface area contributed by atoms with Gasteiger partial charge >= 0.3 is 5.97 Å². The van der Waals surface area contributed by atoms with E-state index in [0.717, 1.165) is 4.90 Å². The minimum absolute atomic E-state index is 0.0581. The van der Waals surface area contributed by atoms with Crippen molar-refractivity contribution < 1.29 is 24.2 Å². The number of nitrogens with one attached hydrogen (secondary N) is 1. The first-order valence-electron chi connectivity index (χ1n) is 7.24. The van der Waals surface area contributed by atoms with Crippen molar-refractivity contribution in [2.75, 3.05) is 19.7 Å². The van der Waals surface area contributed by atoms with Gasteiger partial charge in [0.25, 0.3) is 5.91 Å². The zero-order valence-corrected chi connectivity index (χ0v) is 13.5. The first-order valence-corrected chi connectivity index (χ1v) is 7.24. The monoisotopic (exact) mass is 333 g/mol. The number of rotatable bonds is 8. The predicted molar refractivity (Wildman–Crippen MR) is 84.1 cm³/mol. The Bertz CT molecular complexity index is 636. The normalized spacial score (nSPS) is 11.0. The fourth-order valence-electron chi connectivity index (χ4n) is 1.87. The number of aliphatic carboxylic acids is 1. The van der Waals surface area contributed by atoms with Gasteiger partial charge in [-0.05, 0) is 31.2 Å². The molecule has 0 radical (unpaired) electrons. The first kappa shape index (κ1) is 19.0. The van der Waals surface area contributed by atoms with Crippen LogP contribution in [0.15, 0.2) is 24.3 Å². The minimum Gasteiger partial charge on any atom is -0.484 e. The van der Waals surface area contributed by atoms with Crippen LogP contribution in [0.1, 0.15) is 19.4 Å². The van der Waals surface area contributed by atoms with E-state index < -0.39 is 17.9 Å². The Kier molecular flexibility index (Phi) is 7.23. The van der Waals surface area contributed by atoms with Gasteiger partial charge in [-0.25, -0.2) is 4.79 Å². The maximum Gasteiger partial charge on any atom is 0.326 e. The van der Waals surface area contributed by atoms with Crippen LogP contribution in [-0.4, -0.2) is 53.5 Å². The van der Waals surface area contributed by atoms with E-state index in [1.165, 1.54) is 13.8 Å². The Morgan fingerprint density at radius 1 is 1.33 bits per heavy atom. The van der Waals surface area contributed by atoms with Crippen molar-refractivity contribution in [3.8, 4) is 11.8 Å². The molecule has 1 rings (SSSR count). The van der Waals surface area contributed by atoms with Crippen LogP contribution in [0.3, 0.4) is 0 Å². The van der Waals surface area contributed by atoms with E-state index >= 15 is 0 Å². The first-order chi connectivity index (χ1) is 11.3. The van der Waals surface area contributed by atoms with Crippen LogP contribution in [0, 0.1) is 11.3 Å². The summed E-state index contributed by atoms with van der Waals surface area (Å²) in [4.78, 5) is 35.4. The second-order valence-electron chi connectivity index (χ2n) is 5.01. The standard InChI is InChI=1S/C16H19N3O5/c1-11(16(22)23)19(8-7-18-12(2)20)15(21)10-24-14-5-3-13(9-17)4-6-14/h3-6,11H,7-8,10H2,1-2H3,(H,18,20)(H,22,23). The number of carboxylic acid groups (broad SMARTS) is 1. The third-order valence-electron chi connectivity index (χ3n) is 3.22. The molecule has 8 nitrogen and oxygen atoms in total. The van der Waals surface area contributed by atoms with Gasteiger partial charge in [-0.15, -0.1) is 0 Å². The van der Waals surface area contributed by atoms with Crippen molar-refractivity contribution >= 4 is 17.8 Å². The molecule has 0 saturated carbocycles. The van der Waals surface area contributed by atoms with E-state index in [0.29, 0.717) is 11.3 Å². The van der Waals surface area contributed by atoms with Crippen molar-refractivity contribution in [2.24, 2.45) is 0 Å². The number of nitrogens with zero attached hydrogens (tertiary/aromatic N) is 2. The summed E-state index contributed by atoms with van der Waals surface area (Å²) >= 11 is 0. The maximum atomic E-state index is 12.2. The van der Waals surface area contributed by atoms with Crippen LogP contribution in [0.2, 0.25) is 0 Å². The van der Waals surface area contributed by atoms with Crippen molar-refractivity contribution in [1.29, 1.82) is 5.26 Å².